The largest absolute Gasteiger partial charge is 0.444 e. The zero-order chi connectivity index (χ0) is 21.2. The van der Waals surface area contributed by atoms with E-state index >= 15 is 0 Å². The van der Waals surface area contributed by atoms with Crippen LogP contribution in [-0.2, 0) is 20.7 Å². The predicted octanol–water partition coefficient (Wildman–Crippen LogP) is 2.33. The Morgan fingerprint density at radius 2 is 1.75 bits per heavy atom. The van der Waals surface area contributed by atoms with E-state index in [1.807, 2.05) is 30.3 Å². The Hall–Kier alpha value is -2.41. The molecule has 7 nitrogen and oxygen atoms in total. The molecule has 0 aliphatic rings. The minimum atomic E-state index is -0.695. The summed E-state index contributed by atoms with van der Waals surface area (Å²) in [6.07, 6.45) is 1.81. The number of hydrogen-bond donors (Lipinski definition) is 3. The summed E-state index contributed by atoms with van der Waals surface area (Å²) in [5.74, 6) is -0.442. The highest BCUT2D eigenvalue weighted by Gasteiger charge is 2.21. The van der Waals surface area contributed by atoms with Crippen molar-refractivity contribution in [2.45, 2.75) is 71.1 Å². The summed E-state index contributed by atoms with van der Waals surface area (Å²) in [4.78, 5) is 35.7. The van der Waals surface area contributed by atoms with Gasteiger partial charge in [-0.3, -0.25) is 9.59 Å². The van der Waals surface area contributed by atoms with Crippen LogP contribution in [-0.4, -0.2) is 42.0 Å². The molecule has 1 aromatic carbocycles. The lowest BCUT2D eigenvalue weighted by Gasteiger charge is -2.20. The van der Waals surface area contributed by atoms with E-state index in [9.17, 15) is 14.4 Å². The molecule has 2 amide bonds. The first-order valence-electron chi connectivity index (χ1n) is 9.65. The van der Waals surface area contributed by atoms with Crippen LogP contribution in [0.5, 0.6) is 0 Å². The van der Waals surface area contributed by atoms with Crippen molar-refractivity contribution >= 4 is 17.8 Å². The maximum absolute atomic E-state index is 12.3. The third-order valence-corrected chi connectivity index (χ3v) is 4.04. The summed E-state index contributed by atoms with van der Waals surface area (Å²) in [5, 5.41) is 5.42. The summed E-state index contributed by atoms with van der Waals surface area (Å²) in [6, 6.07) is 8.24. The van der Waals surface area contributed by atoms with Crippen LogP contribution in [0.15, 0.2) is 30.3 Å². The molecule has 2 unspecified atom stereocenters. The SMILES string of the molecule is CC(=O)C(Cc1ccccc1)NC(=O)C(N)CCCCNC(=O)OC(C)(C)C. The average Bonchev–Trinajstić information content (AvgIpc) is 2.59. The smallest absolute Gasteiger partial charge is 0.407 e. The summed E-state index contributed by atoms with van der Waals surface area (Å²) in [6.45, 7) is 7.32. The van der Waals surface area contributed by atoms with E-state index in [0.717, 1.165) is 5.56 Å². The van der Waals surface area contributed by atoms with Gasteiger partial charge in [0.2, 0.25) is 5.91 Å². The number of amides is 2. The van der Waals surface area contributed by atoms with Crippen molar-refractivity contribution in [1.82, 2.24) is 10.6 Å². The van der Waals surface area contributed by atoms with Gasteiger partial charge in [0, 0.05) is 6.54 Å². The summed E-state index contributed by atoms with van der Waals surface area (Å²) in [5.41, 5.74) is 6.40. The predicted molar refractivity (Wildman–Crippen MR) is 109 cm³/mol. The summed E-state index contributed by atoms with van der Waals surface area (Å²) in [7, 11) is 0. The van der Waals surface area contributed by atoms with Gasteiger partial charge in [0.25, 0.3) is 0 Å². The van der Waals surface area contributed by atoms with Crippen molar-refractivity contribution in [1.29, 1.82) is 0 Å². The number of benzene rings is 1. The lowest BCUT2D eigenvalue weighted by molar-refractivity contribution is -0.127. The molecule has 0 saturated carbocycles. The standard InChI is InChI=1S/C21H33N3O4/c1-15(25)18(14-16-10-6-5-7-11-16)24-19(26)17(22)12-8-9-13-23-20(27)28-21(2,3)4/h5-7,10-11,17-18H,8-9,12-14,22H2,1-4H3,(H,23,27)(H,24,26). The number of rotatable bonds is 10. The number of nitrogens with one attached hydrogen (secondary N) is 2. The van der Waals surface area contributed by atoms with Gasteiger partial charge in [-0.2, -0.15) is 0 Å². The number of carbonyl (C=O) groups is 3. The number of ether oxygens (including phenoxy) is 1. The molecule has 156 valence electrons. The Balaban J connectivity index is 2.33. The molecule has 0 heterocycles. The first kappa shape index (κ1) is 23.6. The fraction of sp³-hybridized carbons (Fsp3) is 0.571. The van der Waals surface area contributed by atoms with Crippen molar-refractivity contribution in [2.75, 3.05) is 6.54 Å². The number of hydrogen-bond acceptors (Lipinski definition) is 5. The van der Waals surface area contributed by atoms with Gasteiger partial charge in [-0.05, 0) is 58.9 Å². The van der Waals surface area contributed by atoms with Crippen LogP contribution in [0, 0.1) is 0 Å². The Labute approximate surface area is 167 Å². The minimum absolute atomic E-state index is 0.106. The number of carbonyl (C=O) groups excluding carboxylic acids is 3. The van der Waals surface area contributed by atoms with Gasteiger partial charge in [0.05, 0.1) is 12.1 Å². The van der Waals surface area contributed by atoms with E-state index in [1.54, 1.807) is 20.8 Å². The van der Waals surface area contributed by atoms with E-state index in [1.165, 1.54) is 6.92 Å². The molecule has 0 fully saturated rings. The second kappa shape index (κ2) is 11.4. The first-order chi connectivity index (χ1) is 13.1. The second-order valence-corrected chi connectivity index (χ2v) is 7.89. The van der Waals surface area contributed by atoms with Gasteiger partial charge in [-0.15, -0.1) is 0 Å². The number of Topliss-reactive ketones (excluding diaryl/α,β-unsaturated/α-hetero) is 1. The normalized spacial score (nSPS) is 13.3. The molecule has 0 spiro atoms. The highest BCUT2D eigenvalue weighted by atomic mass is 16.6. The maximum Gasteiger partial charge on any atom is 0.407 e. The van der Waals surface area contributed by atoms with Gasteiger partial charge in [0.15, 0.2) is 5.78 Å². The van der Waals surface area contributed by atoms with Crippen molar-refractivity contribution in [3.8, 4) is 0 Å². The van der Waals surface area contributed by atoms with Crippen molar-refractivity contribution in [3.63, 3.8) is 0 Å². The zero-order valence-corrected chi connectivity index (χ0v) is 17.3. The van der Waals surface area contributed by atoms with E-state index in [4.69, 9.17) is 10.5 Å². The fourth-order valence-electron chi connectivity index (χ4n) is 2.55. The van der Waals surface area contributed by atoms with Crippen LogP contribution in [0.2, 0.25) is 0 Å². The van der Waals surface area contributed by atoms with Gasteiger partial charge in [0.1, 0.15) is 5.60 Å². The number of alkyl carbamates (subject to hydrolysis) is 1. The molecule has 7 heteroatoms. The number of ketones is 1. The van der Waals surface area contributed by atoms with E-state index < -0.39 is 23.8 Å². The lowest BCUT2D eigenvalue weighted by Crippen LogP contribution is -2.48. The van der Waals surface area contributed by atoms with Crippen LogP contribution >= 0.6 is 0 Å². The van der Waals surface area contributed by atoms with Crippen molar-refractivity contribution in [3.05, 3.63) is 35.9 Å². The Morgan fingerprint density at radius 3 is 2.32 bits per heavy atom. The maximum atomic E-state index is 12.3. The lowest BCUT2D eigenvalue weighted by atomic mass is 10.0. The van der Waals surface area contributed by atoms with E-state index in [2.05, 4.69) is 10.6 Å². The third-order valence-electron chi connectivity index (χ3n) is 4.04. The zero-order valence-electron chi connectivity index (χ0n) is 17.3. The number of unbranched alkanes of at least 4 members (excludes halogenated alkanes) is 1. The van der Waals surface area contributed by atoms with Crippen LogP contribution in [0.4, 0.5) is 4.79 Å². The van der Waals surface area contributed by atoms with E-state index in [0.29, 0.717) is 32.2 Å². The highest BCUT2D eigenvalue weighted by Crippen LogP contribution is 2.07. The molecule has 0 aliphatic heterocycles. The molecule has 1 rings (SSSR count). The average molecular weight is 392 g/mol. The third kappa shape index (κ3) is 10.1. The van der Waals surface area contributed by atoms with Crippen LogP contribution in [0.3, 0.4) is 0 Å². The topological polar surface area (TPSA) is 111 Å². The monoisotopic (exact) mass is 391 g/mol. The molecule has 0 radical (unpaired) electrons. The molecule has 4 N–H and O–H groups in total. The number of nitrogens with two attached hydrogens (primary N) is 1. The Bertz CT molecular complexity index is 641. The highest BCUT2D eigenvalue weighted by molar-refractivity contribution is 5.89. The minimum Gasteiger partial charge on any atom is -0.444 e. The molecule has 1 aromatic rings. The van der Waals surface area contributed by atoms with Crippen LogP contribution < -0.4 is 16.4 Å². The summed E-state index contributed by atoms with van der Waals surface area (Å²) < 4.78 is 5.15. The van der Waals surface area contributed by atoms with Crippen LogP contribution in [0.1, 0.15) is 52.5 Å². The van der Waals surface area contributed by atoms with E-state index in [-0.39, 0.29) is 11.7 Å². The van der Waals surface area contributed by atoms with Crippen molar-refractivity contribution in [2.24, 2.45) is 5.73 Å². The molecule has 0 bridgehead atoms. The van der Waals surface area contributed by atoms with Crippen molar-refractivity contribution < 1.29 is 19.1 Å². The van der Waals surface area contributed by atoms with Gasteiger partial charge in [-0.25, -0.2) is 4.79 Å². The fourth-order valence-corrected chi connectivity index (χ4v) is 2.55. The van der Waals surface area contributed by atoms with Gasteiger partial charge >= 0.3 is 6.09 Å². The quantitative estimate of drug-likeness (QED) is 0.530. The van der Waals surface area contributed by atoms with Gasteiger partial charge in [-0.1, -0.05) is 30.3 Å². The molecule has 0 saturated heterocycles. The molecular weight excluding hydrogens is 358 g/mol. The Morgan fingerprint density at radius 1 is 1.11 bits per heavy atom. The molecule has 2 atom stereocenters. The first-order valence-corrected chi connectivity index (χ1v) is 9.65. The molecule has 28 heavy (non-hydrogen) atoms. The molecular formula is C21H33N3O4. The Kier molecular flexibility index (Phi) is 9.65. The molecule has 0 aliphatic carbocycles. The molecule has 0 aromatic heterocycles. The summed E-state index contributed by atoms with van der Waals surface area (Å²) >= 11 is 0. The van der Waals surface area contributed by atoms with Gasteiger partial charge < -0.3 is 21.1 Å². The second-order valence-electron chi connectivity index (χ2n) is 7.89. The van der Waals surface area contributed by atoms with Crippen LogP contribution in [0.25, 0.3) is 0 Å².